The third-order valence-electron chi connectivity index (χ3n) is 3.50. The van der Waals surface area contributed by atoms with Gasteiger partial charge in [-0.25, -0.2) is 0 Å². The summed E-state index contributed by atoms with van der Waals surface area (Å²) in [4.78, 5) is 2.56. The summed E-state index contributed by atoms with van der Waals surface area (Å²) in [5.41, 5.74) is -0.162. The van der Waals surface area contributed by atoms with Crippen LogP contribution in [-0.2, 0) is 0 Å². The fourth-order valence-corrected chi connectivity index (χ4v) is 2.10. The number of hydrogen-bond donors (Lipinski definition) is 1. The topological polar surface area (TPSA) is 39.1 Å². The Balaban J connectivity index is 1.95. The Morgan fingerprint density at radius 2 is 2.06 bits per heavy atom. The zero-order valence-electron chi connectivity index (χ0n) is 11.6. The molecule has 1 N–H and O–H groups in total. The van der Waals surface area contributed by atoms with E-state index >= 15 is 0 Å². The van der Waals surface area contributed by atoms with E-state index in [1.807, 2.05) is 13.8 Å². The Morgan fingerprint density at radius 1 is 1.35 bits per heavy atom. The van der Waals surface area contributed by atoms with E-state index in [2.05, 4.69) is 23.2 Å². The molecule has 1 aliphatic rings. The summed E-state index contributed by atoms with van der Waals surface area (Å²) in [5.74, 6) is 0. The molecule has 3 heteroatoms. The summed E-state index contributed by atoms with van der Waals surface area (Å²) < 4.78 is 0. The fourth-order valence-electron chi connectivity index (χ4n) is 2.10. The number of nitrogens with one attached hydrogen (secondary N) is 1. The monoisotopic (exact) mass is 237 g/mol. The molecule has 0 aliphatic heterocycles. The standard InChI is InChI=1S/C14H27N3/c1-4-17(13-6-7-13)11-10-16-9-5-8-14(2,3)12-15/h13,16H,4-11H2,1-3H3. The van der Waals surface area contributed by atoms with Gasteiger partial charge in [-0.1, -0.05) is 6.92 Å². The van der Waals surface area contributed by atoms with Crippen LogP contribution in [0.25, 0.3) is 0 Å². The summed E-state index contributed by atoms with van der Waals surface area (Å²) >= 11 is 0. The average Bonchev–Trinajstić information content (AvgIpc) is 3.12. The van der Waals surface area contributed by atoms with Crippen molar-refractivity contribution in [1.82, 2.24) is 10.2 Å². The van der Waals surface area contributed by atoms with Crippen LogP contribution in [0.3, 0.4) is 0 Å². The molecule has 0 unspecified atom stereocenters. The molecule has 0 aromatic heterocycles. The lowest BCUT2D eigenvalue weighted by Crippen LogP contribution is -2.34. The van der Waals surface area contributed by atoms with Crippen molar-refractivity contribution in [2.75, 3.05) is 26.2 Å². The van der Waals surface area contributed by atoms with E-state index in [9.17, 15) is 0 Å². The van der Waals surface area contributed by atoms with Crippen molar-refractivity contribution in [1.29, 1.82) is 5.26 Å². The summed E-state index contributed by atoms with van der Waals surface area (Å²) in [7, 11) is 0. The van der Waals surface area contributed by atoms with Gasteiger partial charge in [-0.3, -0.25) is 4.90 Å². The predicted octanol–water partition coefficient (Wildman–Crippen LogP) is 2.39. The zero-order valence-corrected chi connectivity index (χ0v) is 11.6. The Bertz CT molecular complexity index is 251. The van der Waals surface area contributed by atoms with Crippen LogP contribution in [0, 0.1) is 16.7 Å². The van der Waals surface area contributed by atoms with E-state index in [0.717, 1.165) is 32.0 Å². The van der Waals surface area contributed by atoms with Crippen LogP contribution in [-0.4, -0.2) is 37.1 Å². The Morgan fingerprint density at radius 3 is 2.59 bits per heavy atom. The molecule has 17 heavy (non-hydrogen) atoms. The maximum atomic E-state index is 8.89. The number of likely N-dealkylation sites (N-methyl/N-ethyl adjacent to an activating group) is 1. The van der Waals surface area contributed by atoms with Crippen molar-refractivity contribution >= 4 is 0 Å². The minimum atomic E-state index is -0.162. The fraction of sp³-hybridized carbons (Fsp3) is 0.929. The third kappa shape index (κ3) is 6.05. The van der Waals surface area contributed by atoms with Crippen LogP contribution in [0.5, 0.6) is 0 Å². The normalized spacial score (nSPS) is 16.2. The highest BCUT2D eigenvalue weighted by atomic mass is 15.2. The molecule has 3 nitrogen and oxygen atoms in total. The molecule has 1 aliphatic carbocycles. The van der Waals surface area contributed by atoms with Gasteiger partial charge in [0.2, 0.25) is 0 Å². The SMILES string of the molecule is CCN(CCNCCCC(C)(C)C#N)C1CC1. The first kappa shape index (κ1) is 14.5. The van der Waals surface area contributed by atoms with Crippen molar-refractivity contribution in [3.63, 3.8) is 0 Å². The molecular formula is C14H27N3. The first-order valence-corrected chi connectivity index (χ1v) is 6.95. The molecule has 0 radical (unpaired) electrons. The van der Waals surface area contributed by atoms with Gasteiger partial charge < -0.3 is 5.32 Å². The molecule has 0 aromatic rings. The summed E-state index contributed by atoms with van der Waals surface area (Å²) in [6.07, 6.45) is 4.86. The van der Waals surface area contributed by atoms with Gasteiger partial charge in [0.25, 0.3) is 0 Å². The van der Waals surface area contributed by atoms with E-state index in [1.165, 1.54) is 25.9 Å². The molecule has 0 bridgehead atoms. The second-order valence-electron chi connectivity index (χ2n) is 5.71. The lowest BCUT2D eigenvalue weighted by Gasteiger charge is -2.20. The summed E-state index contributed by atoms with van der Waals surface area (Å²) in [6.45, 7) is 10.7. The van der Waals surface area contributed by atoms with Gasteiger partial charge in [0.05, 0.1) is 11.5 Å². The second kappa shape index (κ2) is 6.98. The second-order valence-corrected chi connectivity index (χ2v) is 5.71. The van der Waals surface area contributed by atoms with Gasteiger partial charge in [-0.2, -0.15) is 5.26 Å². The molecule has 0 heterocycles. The first-order chi connectivity index (χ1) is 8.09. The molecule has 1 saturated carbocycles. The highest BCUT2D eigenvalue weighted by Gasteiger charge is 2.26. The van der Waals surface area contributed by atoms with E-state index in [1.54, 1.807) is 0 Å². The van der Waals surface area contributed by atoms with Gasteiger partial charge in [-0.15, -0.1) is 0 Å². The van der Waals surface area contributed by atoms with Crippen molar-refractivity contribution in [3.8, 4) is 6.07 Å². The highest BCUT2D eigenvalue weighted by molar-refractivity contribution is 4.91. The largest absolute Gasteiger partial charge is 0.315 e. The molecule has 0 atom stereocenters. The van der Waals surface area contributed by atoms with Crippen molar-refractivity contribution in [2.24, 2.45) is 5.41 Å². The lowest BCUT2D eigenvalue weighted by molar-refractivity contribution is 0.276. The molecule has 1 rings (SSSR count). The molecule has 0 saturated heterocycles. The van der Waals surface area contributed by atoms with Crippen LogP contribution in [0.1, 0.15) is 46.5 Å². The van der Waals surface area contributed by atoms with Crippen molar-refractivity contribution in [2.45, 2.75) is 52.5 Å². The van der Waals surface area contributed by atoms with E-state index in [-0.39, 0.29) is 5.41 Å². The van der Waals surface area contributed by atoms with Gasteiger partial charge in [0, 0.05) is 19.1 Å². The molecule has 0 spiro atoms. The zero-order chi connectivity index (χ0) is 12.7. The number of rotatable bonds is 9. The third-order valence-corrected chi connectivity index (χ3v) is 3.50. The van der Waals surface area contributed by atoms with Gasteiger partial charge in [-0.05, 0) is 52.6 Å². The van der Waals surface area contributed by atoms with Crippen LogP contribution in [0.2, 0.25) is 0 Å². The maximum absolute atomic E-state index is 8.89. The van der Waals surface area contributed by atoms with Crippen LogP contribution < -0.4 is 5.32 Å². The van der Waals surface area contributed by atoms with E-state index in [4.69, 9.17) is 5.26 Å². The smallest absolute Gasteiger partial charge is 0.0683 e. The van der Waals surface area contributed by atoms with E-state index < -0.39 is 0 Å². The number of nitrogens with zero attached hydrogens (tertiary/aromatic N) is 2. The summed E-state index contributed by atoms with van der Waals surface area (Å²) in [6, 6.07) is 3.22. The van der Waals surface area contributed by atoms with Gasteiger partial charge >= 0.3 is 0 Å². The molecule has 98 valence electrons. The van der Waals surface area contributed by atoms with Crippen molar-refractivity contribution in [3.05, 3.63) is 0 Å². The van der Waals surface area contributed by atoms with E-state index in [0.29, 0.717) is 0 Å². The Kier molecular flexibility index (Phi) is 5.94. The highest BCUT2D eigenvalue weighted by Crippen LogP contribution is 2.25. The molecule has 0 amide bonds. The molecule has 0 aromatic carbocycles. The van der Waals surface area contributed by atoms with Crippen LogP contribution >= 0.6 is 0 Å². The van der Waals surface area contributed by atoms with Gasteiger partial charge in [0.1, 0.15) is 0 Å². The lowest BCUT2D eigenvalue weighted by atomic mass is 9.90. The Hall–Kier alpha value is -0.590. The summed E-state index contributed by atoms with van der Waals surface area (Å²) in [5, 5.41) is 12.4. The Labute approximate surface area is 106 Å². The number of nitriles is 1. The molecule has 1 fully saturated rings. The van der Waals surface area contributed by atoms with Crippen LogP contribution in [0.15, 0.2) is 0 Å². The maximum Gasteiger partial charge on any atom is 0.0683 e. The predicted molar refractivity (Wildman–Crippen MR) is 71.8 cm³/mol. The minimum Gasteiger partial charge on any atom is -0.315 e. The molecular weight excluding hydrogens is 210 g/mol. The average molecular weight is 237 g/mol. The van der Waals surface area contributed by atoms with Crippen molar-refractivity contribution < 1.29 is 0 Å². The first-order valence-electron chi connectivity index (χ1n) is 6.95. The quantitative estimate of drug-likeness (QED) is 0.626. The van der Waals surface area contributed by atoms with Gasteiger partial charge in [0.15, 0.2) is 0 Å². The minimum absolute atomic E-state index is 0.162. The number of hydrogen-bond acceptors (Lipinski definition) is 3. The van der Waals surface area contributed by atoms with Crippen LogP contribution in [0.4, 0.5) is 0 Å².